The van der Waals surface area contributed by atoms with E-state index in [1.807, 2.05) is 6.20 Å². The van der Waals surface area contributed by atoms with Crippen molar-refractivity contribution < 1.29 is 0 Å². The summed E-state index contributed by atoms with van der Waals surface area (Å²) in [6.07, 6.45) is 8.20. The summed E-state index contributed by atoms with van der Waals surface area (Å²) in [6, 6.07) is 4.39. The Hall–Kier alpha value is -2.35. The highest BCUT2D eigenvalue weighted by molar-refractivity contribution is 5.58. The Morgan fingerprint density at radius 2 is 2.22 bits per heavy atom. The number of nitrogens with zero attached hydrogens (tertiary/aromatic N) is 5. The molecule has 4 rings (SSSR count). The molecule has 0 aromatic carbocycles. The van der Waals surface area contributed by atoms with Crippen LogP contribution in [0.25, 0.3) is 0 Å². The van der Waals surface area contributed by atoms with Gasteiger partial charge >= 0.3 is 0 Å². The minimum Gasteiger partial charge on any atom is -0.355 e. The highest BCUT2D eigenvalue weighted by atomic mass is 15.3. The lowest BCUT2D eigenvalue weighted by atomic mass is 9.98. The molecule has 0 unspecified atom stereocenters. The van der Waals surface area contributed by atoms with Crippen LogP contribution in [-0.4, -0.2) is 27.6 Å². The Morgan fingerprint density at radius 1 is 1.35 bits per heavy atom. The molecule has 5 heteroatoms. The van der Waals surface area contributed by atoms with Crippen LogP contribution in [0, 0.1) is 17.2 Å². The third-order valence-electron chi connectivity index (χ3n) is 4.98. The van der Waals surface area contributed by atoms with Gasteiger partial charge < -0.3 is 9.47 Å². The molecule has 1 aliphatic carbocycles. The molecule has 2 aromatic heterocycles. The van der Waals surface area contributed by atoms with Crippen LogP contribution in [0.5, 0.6) is 0 Å². The number of aromatic nitrogens is 3. The molecule has 118 valence electrons. The topological polar surface area (TPSA) is 57.7 Å². The lowest BCUT2D eigenvalue weighted by molar-refractivity contribution is 0.350. The van der Waals surface area contributed by atoms with Crippen molar-refractivity contribution in [2.75, 3.05) is 18.0 Å². The first-order chi connectivity index (χ1) is 11.3. The van der Waals surface area contributed by atoms with Crippen molar-refractivity contribution >= 4 is 5.82 Å². The van der Waals surface area contributed by atoms with Gasteiger partial charge in [-0.05, 0) is 30.9 Å². The molecule has 0 amide bonds. The smallest absolute Gasteiger partial charge is 0.146 e. The summed E-state index contributed by atoms with van der Waals surface area (Å²) in [7, 11) is 0. The number of hydrogen-bond acceptors (Lipinski definition) is 4. The van der Waals surface area contributed by atoms with Crippen molar-refractivity contribution in [1.82, 2.24) is 14.5 Å². The maximum atomic E-state index is 9.43. The molecule has 1 aliphatic heterocycles. The normalized spacial score (nSPS) is 17.0. The third-order valence-corrected chi connectivity index (χ3v) is 4.98. The largest absolute Gasteiger partial charge is 0.355 e. The van der Waals surface area contributed by atoms with E-state index in [9.17, 15) is 5.26 Å². The predicted octanol–water partition coefficient (Wildman–Crippen LogP) is 2.34. The minimum absolute atomic E-state index is 0.607. The molecule has 1 fully saturated rings. The Bertz CT molecular complexity index is 764. The molecule has 1 saturated heterocycles. The molecule has 0 spiro atoms. The van der Waals surface area contributed by atoms with Gasteiger partial charge in [0, 0.05) is 50.1 Å². The highest BCUT2D eigenvalue weighted by Crippen LogP contribution is 2.31. The summed E-state index contributed by atoms with van der Waals surface area (Å²) >= 11 is 0. The van der Waals surface area contributed by atoms with Crippen LogP contribution >= 0.6 is 0 Å². The predicted molar refractivity (Wildman–Crippen MR) is 88.3 cm³/mol. The van der Waals surface area contributed by atoms with Crippen molar-refractivity contribution in [2.24, 2.45) is 5.92 Å². The molecule has 3 heterocycles. The number of nitriles is 1. The van der Waals surface area contributed by atoms with Crippen LogP contribution in [0.15, 0.2) is 18.5 Å². The van der Waals surface area contributed by atoms with Crippen LogP contribution in [0.3, 0.4) is 0 Å². The summed E-state index contributed by atoms with van der Waals surface area (Å²) in [5.41, 5.74) is 3.21. The number of fused-ring (bicyclic) bond motifs is 1. The number of imidazole rings is 1. The SMILES string of the molecule is CCc1nccn1CC1CN(c2nc3c(cc2C#N)CCC3)C1. The van der Waals surface area contributed by atoms with E-state index in [0.29, 0.717) is 5.92 Å². The van der Waals surface area contributed by atoms with Crippen LogP contribution < -0.4 is 4.90 Å². The first-order valence-corrected chi connectivity index (χ1v) is 8.46. The zero-order valence-corrected chi connectivity index (χ0v) is 13.5. The minimum atomic E-state index is 0.607. The van der Waals surface area contributed by atoms with Gasteiger partial charge in [0.15, 0.2) is 0 Å². The first kappa shape index (κ1) is 14.3. The van der Waals surface area contributed by atoms with Gasteiger partial charge in [-0.1, -0.05) is 6.92 Å². The molecular weight excluding hydrogens is 286 g/mol. The van der Waals surface area contributed by atoms with E-state index in [0.717, 1.165) is 56.1 Å². The van der Waals surface area contributed by atoms with Gasteiger partial charge in [0.2, 0.25) is 0 Å². The number of anilines is 1. The van der Waals surface area contributed by atoms with Gasteiger partial charge in [0.25, 0.3) is 0 Å². The standard InChI is InChI=1S/C18H21N5/c1-2-17-20-6-7-22(17)10-13-11-23(12-13)18-15(9-19)8-14-4-3-5-16(14)21-18/h6-8,13H,2-5,10-12H2,1H3. The van der Waals surface area contributed by atoms with Crippen molar-refractivity contribution in [3.8, 4) is 6.07 Å². The molecule has 5 nitrogen and oxygen atoms in total. The van der Waals surface area contributed by atoms with Gasteiger partial charge in [-0.25, -0.2) is 9.97 Å². The van der Waals surface area contributed by atoms with Gasteiger partial charge in [-0.15, -0.1) is 0 Å². The Balaban J connectivity index is 1.47. The maximum Gasteiger partial charge on any atom is 0.146 e. The summed E-state index contributed by atoms with van der Waals surface area (Å²) < 4.78 is 2.25. The average Bonchev–Trinajstić information content (AvgIpc) is 3.17. The summed E-state index contributed by atoms with van der Waals surface area (Å²) in [5.74, 6) is 2.65. The second kappa shape index (κ2) is 5.69. The molecule has 0 N–H and O–H groups in total. The second-order valence-electron chi connectivity index (χ2n) is 6.55. The molecule has 23 heavy (non-hydrogen) atoms. The second-order valence-corrected chi connectivity index (χ2v) is 6.55. The van der Waals surface area contributed by atoms with E-state index in [4.69, 9.17) is 4.98 Å². The fraction of sp³-hybridized carbons (Fsp3) is 0.500. The summed E-state index contributed by atoms with van der Waals surface area (Å²) in [5, 5.41) is 9.43. The Kier molecular flexibility index (Phi) is 3.53. The zero-order chi connectivity index (χ0) is 15.8. The Labute approximate surface area is 136 Å². The number of pyridine rings is 1. The van der Waals surface area contributed by atoms with Gasteiger partial charge in [-0.2, -0.15) is 5.26 Å². The highest BCUT2D eigenvalue weighted by Gasteiger charge is 2.31. The average molecular weight is 307 g/mol. The first-order valence-electron chi connectivity index (χ1n) is 8.46. The lowest BCUT2D eigenvalue weighted by Gasteiger charge is -2.41. The van der Waals surface area contributed by atoms with E-state index in [2.05, 4.69) is 39.7 Å². The number of hydrogen-bond donors (Lipinski definition) is 0. The van der Waals surface area contributed by atoms with E-state index in [1.165, 1.54) is 17.7 Å². The molecule has 2 aromatic rings. The van der Waals surface area contributed by atoms with E-state index in [1.54, 1.807) is 0 Å². The fourth-order valence-corrected chi connectivity index (χ4v) is 3.74. The van der Waals surface area contributed by atoms with Crippen molar-refractivity contribution in [1.29, 1.82) is 5.26 Å². The number of aryl methyl sites for hydroxylation is 3. The van der Waals surface area contributed by atoms with Crippen LogP contribution in [0.2, 0.25) is 0 Å². The van der Waals surface area contributed by atoms with Crippen LogP contribution in [0.4, 0.5) is 5.82 Å². The van der Waals surface area contributed by atoms with E-state index in [-0.39, 0.29) is 0 Å². The van der Waals surface area contributed by atoms with Gasteiger partial charge in [-0.3, -0.25) is 0 Å². The zero-order valence-electron chi connectivity index (χ0n) is 13.5. The van der Waals surface area contributed by atoms with Gasteiger partial charge in [0.05, 0.1) is 5.56 Å². The molecule has 0 saturated carbocycles. The third kappa shape index (κ3) is 2.48. The molecule has 2 aliphatic rings. The summed E-state index contributed by atoms with van der Waals surface area (Å²) in [4.78, 5) is 11.4. The van der Waals surface area contributed by atoms with Crippen LogP contribution in [-0.2, 0) is 25.8 Å². The van der Waals surface area contributed by atoms with E-state index < -0.39 is 0 Å². The quantitative estimate of drug-likeness (QED) is 0.870. The monoisotopic (exact) mass is 307 g/mol. The summed E-state index contributed by atoms with van der Waals surface area (Å²) in [6.45, 7) is 5.09. The van der Waals surface area contributed by atoms with Crippen molar-refractivity contribution in [3.63, 3.8) is 0 Å². The molecule has 0 atom stereocenters. The lowest BCUT2D eigenvalue weighted by Crippen LogP contribution is -2.49. The van der Waals surface area contributed by atoms with Gasteiger partial charge in [0.1, 0.15) is 17.7 Å². The van der Waals surface area contributed by atoms with E-state index >= 15 is 0 Å². The van der Waals surface area contributed by atoms with Crippen molar-refractivity contribution in [3.05, 3.63) is 41.1 Å². The van der Waals surface area contributed by atoms with Crippen LogP contribution in [0.1, 0.15) is 36.0 Å². The Morgan fingerprint density at radius 3 is 3.00 bits per heavy atom. The molecular formula is C18H21N5. The fourth-order valence-electron chi connectivity index (χ4n) is 3.74. The number of rotatable bonds is 4. The molecule has 0 radical (unpaired) electrons. The van der Waals surface area contributed by atoms with Crippen molar-refractivity contribution in [2.45, 2.75) is 39.2 Å². The maximum absolute atomic E-state index is 9.43. The molecule has 0 bridgehead atoms.